The molecule has 7 heteroatoms. The Kier molecular flexibility index (Phi) is 6.04. The second-order valence-corrected chi connectivity index (χ2v) is 7.09. The van der Waals surface area contributed by atoms with Gasteiger partial charge in [0.15, 0.2) is 5.15 Å². The number of methoxy groups -OCH3 is 1. The lowest BCUT2D eigenvalue weighted by molar-refractivity contribution is 0.229. The molecular weight excluding hydrogens is 364 g/mol. The molecule has 2 unspecified atom stereocenters. The Bertz CT molecular complexity index is 892. The maximum atomic E-state index is 9.34. The lowest BCUT2D eigenvalue weighted by atomic mass is 10.1. The molecule has 1 aliphatic rings. The molecule has 1 aromatic carbocycles. The number of nitrogen functional groups attached to an aromatic ring is 1. The topological polar surface area (TPSA) is 93.3 Å². The van der Waals surface area contributed by atoms with Gasteiger partial charge in [-0.15, -0.1) is 0 Å². The number of halogens is 1. The predicted molar refractivity (Wildman–Crippen MR) is 107 cm³/mol. The highest BCUT2D eigenvalue weighted by Crippen LogP contribution is 2.29. The summed E-state index contributed by atoms with van der Waals surface area (Å²) < 4.78 is 5.23. The van der Waals surface area contributed by atoms with Gasteiger partial charge in [0.05, 0.1) is 7.11 Å². The predicted octanol–water partition coefficient (Wildman–Crippen LogP) is 3.00. The van der Waals surface area contributed by atoms with Crippen molar-refractivity contribution in [1.29, 1.82) is 0 Å². The van der Waals surface area contributed by atoms with Gasteiger partial charge >= 0.3 is 0 Å². The number of nitrogens with zero attached hydrogens (tertiary/aromatic N) is 2. The van der Waals surface area contributed by atoms with Crippen LogP contribution in [0.15, 0.2) is 18.2 Å². The molecule has 1 fully saturated rings. The SMILES string of the molecule is COc1ccc(C#Cc2c(Cl)nc(N)nc2NC2CCC(CO)C2)c(C)c1. The van der Waals surface area contributed by atoms with E-state index in [0.717, 1.165) is 36.1 Å². The summed E-state index contributed by atoms with van der Waals surface area (Å²) in [6.45, 7) is 2.18. The molecule has 1 saturated carbocycles. The fourth-order valence-electron chi connectivity index (χ4n) is 3.26. The van der Waals surface area contributed by atoms with Crippen molar-refractivity contribution in [3.63, 3.8) is 0 Å². The van der Waals surface area contributed by atoms with Gasteiger partial charge in [0.25, 0.3) is 0 Å². The van der Waals surface area contributed by atoms with Gasteiger partial charge in [-0.1, -0.05) is 23.4 Å². The average Bonchev–Trinajstić information content (AvgIpc) is 3.09. The van der Waals surface area contributed by atoms with E-state index < -0.39 is 0 Å². The van der Waals surface area contributed by atoms with E-state index in [0.29, 0.717) is 17.3 Å². The first-order valence-corrected chi connectivity index (χ1v) is 9.25. The molecule has 0 saturated heterocycles. The van der Waals surface area contributed by atoms with Crippen molar-refractivity contribution in [1.82, 2.24) is 9.97 Å². The van der Waals surface area contributed by atoms with Crippen molar-refractivity contribution < 1.29 is 9.84 Å². The normalized spacial score (nSPS) is 18.7. The van der Waals surface area contributed by atoms with Crippen LogP contribution < -0.4 is 15.8 Å². The molecule has 0 aliphatic heterocycles. The van der Waals surface area contributed by atoms with Gasteiger partial charge in [0, 0.05) is 18.2 Å². The summed E-state index contributed by atoms with van der Waals surface area (Å²) in [6.07, 6.45) is 2.81. The van der Waals surface area contributed by atoms with Gasteiger partial charge in [0.1, 0.15) is 17.1 Å². The zero-order valence-electron chi connectivity index (χ0n) is 15.4. The molecule has 3 rings (SSSR count). The molecular formula is C20H23ClN4O2. The Labute approximate surface area is 164 Å². The van der Waals surface area contributed by atoms with Crippen LogP contribution in [0.25, 0.3) is 0 Å². The van der Waals surface area contributed by atoms with Crippen molar-refractivity contribution in [2.45, 2.75) is 32.2 Å². The second-order valence-electron chi connectivity index (χ2n) is 6.73. The third kappa shape index (κ3) is 4.62. The van der Waals surface area contributed by atoms with Crippen LogP contribution in [0, 0.1) is 24.7 Å². The van der Waals surface area contributed by atoms with Crippen molar-refractivity contribution in [3.05, 3.63) is 40.0 Å². The van der Waals surface area contributed by atoms with Crippen LogP contribution in [0.3, 0.4) is 0 Å². The maximum Gasteiger partial charge on any atom is 0.223 e. The van der Waals surface area contributed by atoms with Gasteiger partial charge in [-0.05, 0) is 55.9 Å². The number of nitrogens with two attached hydrogens (primary N) is 1. The molecule has 1 aromatic heterocycles. The third-order valence-electron chi connectivity index (χ3n) is 4.78. The molecule has 2 aromatic rings. The van der Waals surface area contributed by atoms with Gasteiger partial charge in [-0.2, -0.15) is 9.97 Å². The minimum absolute atomic E-state index is 0.102. The summed E-state index contributed by atoms with van der Waals surface area (Å²) in [6, 6.07) is 5.90. The molecule has 1 aliphatic carbocycles. The van der Waals surface area contributed by atoms with Crippen molar-refractivity contribution >= 4 is 23.4 Å². The molecule has 1 heterocycles. The summed E-state index contributed by atoms with van der Waals surface area (Å²) in [7, 11) is 1.63. The Morgan fingerprint density at radius 1 is 1.33 bits per heavy atom. The quantitative estimate of drug-likeness (QED) is 0.552. The summed E-state index contributed by atoms with van der Waals surface area (Å²) in [4.78, 5) is 8.33. The van der Waals surface area contributed by atoms with E-state index in [1.54, 1.807) is 7.11 Å². The maximum absolute atomic E-state index is 9.34. The van der Waals surface area contributed by atoms with E-state index in [1.165, 1.54) is 0 Å². The highest BCUT2D eigenvalue weighted by atomic mass is 35.5. The zero-order valence-corrected chi connectivity index (χ0v) is 16.2. The van der Waals surface area contributed by atoms with Crippen molar-refractivity contribution in [2.75, 3.05) is 24.8 Å². The molecule has 27 heavy (non-hydrogen) atoms. The molecule has 4 N–H and O–H groups in total. The molecule has 142 valence electrons. The number of ether oxygens (including phenoxy) is 1. The number of benzene rings is 1. The summed E-state index contributed by atoms with van der Waals surface area (Å²) in [5.74, 6) is 7.96. The summed E-state index contributed by atoms with van der Waals surface area (Å²) in [5.41, 5.74) is 8.17. The molecule has 2 atom stereocenters. The first kappa shape index (κ1) is 19.3. The van der Waals surface area contributed by atoms with E-state index in [9.17, 15) is 5.11 Å². The second kappa shape index (κ2) is 8.47. The number of nitrogens with one attached hydrogen (secondary N) is 1. The lowest BCUT2D eigenvalue weighted by Gasteiger charge is -2.15. The minimum atomic E-state index is 0.102. The van der Waals surface area contributed by atoms with Gasteiger partial charge in [0.2, 0.25) is 5.95 Å². The van der Waals surface area contributed by atoms with E-state index in [-0.39, 0.29) is 23.8 Å². The van der Waals surface area contributed by atoms with E-state index >= 15 is 0 Å². The van der Waals surface area contributed by atoms with Gasteiger partial charge < -0.3 is 20.9 Å². The number of aromatic nitrogens is 2. The van der Waals surface area contributed by atoms with Gasteiger partial charge in [-0.25, -0.2) is 0 Å². The highest BCUT2D eigenvalue weighted by molar-refractivity contribution is 6.31. The molecule has 0 amide bonds. The molecule has 0 bridgehead atoms. The van der Waals surface area contributed by atoms with Crippen LogP contribution in [0.4, 0.5) is 11.8 Å². The standard InChI is InChI=1S/C20H23ClN4O2/c1-12-9-16(27-2)7-4-14(12)5-8-17-18(21)24-20(22)25-19(17)23-15-6-3-13(10-15)11-26/h4,7,9,13,15,26H,3,6,10-11H2,1-2H3,(H3,22,23,24,25). The lowest BCUT2D eigenvalue weighted by Crippen LogP contribution is -2.19. The fraction of sp³-hybridized carbons (Fsp3) is 0.400. The van der Waals surface area contributed by atoms with Crippen molar-refractivity contribution in [2.24, 2.45) is 5.92 Å². The first-order chi connectivity index (χ1) is 13.0. The number of anilines is 2. The monoisotopic (exact) mass is 386 g/mol. The van der Waals surface area contributed by atoms with E-state index in [1.807, 2.05) is 25.1 Å². The first-order valence-electron chi connectivity index (χ1n) is 8.87. The minimum Gasteiger partial charge on any atom is -0.497 e. The summed E-state index contributed by atoms with van der Waals surface area (Å²) >= 11 is 6.30. The van der Waals surface area contributed by atoms with Crippen LogP contribution in [-0.2, 0) is 0 Å². The largest absolute Gasteiger partial charge is 0.497 e. The zero-order chi connectivity index (χ0) is 19.4. The van der Waals surface area contributed by atoms with Crippen LogP contribution in [0.1, 0.15) is 36.0 Å². The number of aliphatic hydroxyl groups is 1. The number of hydrogen-bond donors (Lipinski definition) is 3. The van der Waals surface area contributed by atoms with Crippen LogP contribution in [-0.4, -0.2) is 34.8 Å². The average molecular weight is 387 g/mol. The third-order valence-corrected chi connectivity index (χ3v) is 5.05. The smallest absolute Gasteiger partial charge is 0.223 e. The Balaban J connectivity index is 1.90. The fourth-order valence-corrected chi connectivity index (χ4v) is 3.49. The number of hydrogen-bond acceptors (Lipinski definition) is 6. The number of aryl methyl sites for hydroxylation is 1. The number of rotatable bonds is 4. The van der Waals surface area contributed by atoms with Gasteiger partial charge in [-0.3, -0.25) is 0 Å². The van der Waals surface area contributed by atoms with Crippen LogP contribution in [0.2, 0.25) is 5.15 Å². The molecule has 0 radical (unpaired) electrons. The molecule has 6 nitrogen and oxygen atoms in total. The number of aliphatic hydroxyl groups excluding tert-OH is 1. The van der Waals surface area contributed by atoms with E-state index in [4.69, 9.17) is 22.1 Å². The van der Waals surface area contributed by atoms with Crippen molar-refractivity contribution in [3.8, 4) is 17.6 Å². The summed E-state index contributed by atoms with van der Waals surface area (Å²) in [5, 5.41) is 12.9. The van der Waals surface area contributed by atoms with Crippen LogP contribution in [0.5, 0.6) is 5.75 Å². The van der Waals surface area contributed by atoms with E-state index in [2.05, 4.69) is 27.1 Å². The highest BCUT2D eigenvalue weighted by Gasteiger charge is 2.25. The Hall–Kier alpha value is -2.49. The molecule has 0 spiro atoms. The van der Waals surface area contributed by atoms with Crippen LogP contribution >= 0.6 is 11.6 Å². The Morgan fingerprint density at radius 2 is 2.15 bits per heavy atom. The Morgan fingerprint density at radius 3 is 2.81 bits per heavy atom.